The number of likely N-dealkylation sites (N-methyl/N-ethyl adjacent to an activating group) is 2. The van der Waals surface area contributed by atoms with Crippen molar-refractivity contribution in [3.05, 3.63) is 62.0 Å². The van der Waals surface area contributed by atoms with Crippen molar-refractivity contribution in [3.63, 3.8) is 0 Å². The fraction of sp³-hybridized carbons (Fsp3) is 0.381. The lowest BCUT2D eigenvalue weighted by atomic mass is 9.94. The summed E-state index contributed by atoms with van der Waals surface area (Å²) >= 11 is 7.24. The molecule has 1 aromatic carbocycles. The number of thiazole rings is 1. The third kappa shape index (κ3) is 4.93. The van der Waals surface area contributed by atoms with E-state index in [9.17, 15) is 14.0 Å². The van der Waals surface area contributed by atoms with Crippen LogP contribution in [0, 0.1) is 12.7 Å². The van der Waals surface area contributed by atoms with Crippen LogP contribution in [0.15, 0.2) is 30.0 Å². The number of nitrogens with one attached hydrogen (secondary N) is 2. The number of amides is 2. The predicted molar refractivity (Wildman–Crippen MR) is 122 cm³/mol. The third-order valence-electron chi connectivity index (χ3n) is 5.10. The van der Waals surface area contributed by atoms with Crippen molar-refractivity contribution in [2.45, 2.75) is 18.9 Å². The molecular weight excluding hydrogens is 455 g/mol. The van der Waals surface area contributed by atoms with Crippen LogP contribution < -0.4 is 16.5 Å². The molecule has 1 unspecified atom stereocenters. The van der Waals surface area contributed by atoms with E-state index in [4.69, 9.17) is 17.3 Å². The van der Waals surface area contributed by atoms with E-state index in [1.54, 1.807) is 20.0 Å². The second-order valence-electron chi connectivity index (χ2n) is 7.90. The van der Waals surface area contributed by atoms with E-state index < -0.39 is 17.3 Å². The molecule has 0 radical (unpaired) electrons. The molecule has 11 heteroatoms. The van der Waals surface area contributed by atoms with Crippen LogP contribution in [0.5, 0.6) is 0 Å². The van der Waals surface area contributed by atoms with Gasteiger partial charge in [-0.15, -0.1) is 11.3 Å². The molecule has 0 aliphatic carbocycles. The van der Waals surface area contributed by atoms with Gasteiger partial charge in [0.25, 0.3) is 5.91 Å². The first-order chi connectivity index (χ1) is 15.0. The molecule has 2 amide bonds. The average Bonchev–Trinajstić information content (AvgIpc) is 3.21. The van der Waals surface area contributed by atoms with Crippen molar-refractivity contribution in [1.82, 2.24) is 25.6 Å². The summed E-state index contributed by atoms with van der Waals surface area (Å²) in [6.45, 7) is 2.91. The zero-order chi connectivity index (χ0) is 23.6. The molecule has 172 valence electrons. The van der Waals surface area contributed by atoms with Gasteiger partial charge in [-0.3, -0.25) is 9.59 Å². The Labute approximate surface area is 195 Å². The number of hydrogen-bond acceptors (Lipinski definition) is 7. The maximum atomic E-state index is 13.7. The summed E-state index contributed by atoms with van der Waals surface area (Å²) in [5.74, 6) is -1.41. The minimum atomic E-state index is -1.38. The molecule has 3 rings (SSSR count). The number of hydrogen-bond donors (Lipinski definition) is 3. The number of hydrazine groups is 1. The number of primary amides is 1. The van der Waals surface area contributed by atoms with E-state index in [1.807, 2.05) is 19.0 Å². The molecule has 4 N–H and O–H groups in total. The maximum absolute atomic E-state index is 13.7. The standard InChI is InChI=1S/C21H26ClFN6O2S/c1-12-18(32-17(26-12)9-13-7-14(22)10-15(23)8-13)21(20(24)31)11-16(27-29(21)4)19(30)25-5-6-28(2)3/h7-8,10-11,27H,5-6,9H2,1-4H3,(H2,24,31)(H,25,30). The Hall–Kier alpha value is -2.53. The van der Waals surface area contributed by atoms with Gasteiger partial charge < -0.3 is 21.4 Å². The van der Waals surface area contributed by atoms with E-state index in [-0.39, 0.29) is 11.6 Å². The van der Waals surface area contributed by atoms with Crippen LogP contribution in [0.25, 0.3) is 0 Å². The molecule has 8 nitrogen and oxygen atoms in total. The predicted octanol–water partition coefficient (Wildman–Crippen LogP) is 1.53. The highest BCUT2D eigenvalue weighted by atomic mass is 35.5. The topological polar surface area (TPSA) is 104 Å². The highest BCUT2D eigenvalue weighted by Crippen LogP contribution is 2.39. The van der Waals surface area contributed by atoms with Gasteiger partial charge in [-0.2, -0.15) is 0 Å². The Morgan fingerprint density at radius 3 is 2.72 bits per heavy atom. The lowest BCUT2D eigenvalue weighted by Gasteiger charge is -2.30. The highest BCUT2D eigenvalue weighted by Gasteiger charge is 2.49. The monoisotopic (exact) mass is 480 g/mol. The number of aromatic nitrogens is 1. The normalized spacial score (nSPS) is 18.5. The first-order valence-corrected chi connectivity index (χ1v) is 11.1. The molecule has 1 atom stereocenters. The number of rotatable bonds is 8. The van der Waals surface area contributed by atoms with E-state index in [2.05, 4.69) is 15.7 Å². The summed E-state index contributed by atoms with van der Waals surface area (Å²) in [7, 11) is 5.46. The number of nitrogens with two attached hydrogens (primary N) is 1. The van der Waals surface area contributed by atoms with Gasteiger partial charge in [0.2, 0.25) is 5.91 Å². The molecule has 2 aromatic rings. The number of nitrogens with zero attached hydrogens (tertiary/aromatic N) is 3. The van der Waals surface area contributed by atoms with Crippen molar-refractivity contribution in [2.75, 3.05) is 34.2 Å². The molecule has 0 spiro atoms. The fourth-order valence-electron chi connectivity index (χ4n) is 3.55. The van der Waals surface area contributed by atoms with Crippen molar-refractivity contribution < 1.29 is 14.0 Å². The zero-order valence-electron chi connectivity index (χ0n) is 18.3. The van der Waals surface area contributed by atoms with Gasteiger partial charge in [-0.25, -0.2) is 14.4 Å². The van der Waals surface area contributed by atoms with Gasteiger partial charge in [-0.05, 0) is 50.9 Å². The molecular formula is C21H26ClFN6O2S. The van der Waals surface area contributed by atoms with Gasteiger partial charge in [0.15, 0.2) is 5.54 Å². The summed E-state index contributed by atoms with van der Waals surface area (Å²) in [5.41, 5.74) is 8.90. The van der Waals surface area contributed by atoms with Gasteiger partial charge in [-0.1, -0.05) is 11.6 Å². The van der Waals surface area contributed by atoms with Crippen LogP contribution in [0.2, 0.25) is 5.02 Å². The smallest absolute Gasteiger partial charge is 0.268 e. The van der Waals surface area contributed by atoms with Crippen LogP contribution >= 0.6 is 22.9 Å². The molecule has 32 heavy (non-hydrogen) atoms. The van der Waals surface area contributed by atoms with Gasteiger partial charge in [0, 0.05) is 31.6 Å². The van der Waals surface area contributed by atoms with E-state index in [0.717, 1.165) is 0 Å². The summed E-state index contributed by atoms with van der Waals surface area (Å²) in [6.07, 6.45) is 1.88. The van der Waals surface area contributed by atoms with E-state index in [1.165, 1.54) is 34.6 Å². The first kappa shape index (κ1) is 24.1. The molecule has 0 bridgehead atoms. The molecule has 0 saturated carbocycles. The SMILES string of the molecule is Cc1nc(Cc2cc(F)cc(Cl)c2)sc1C1(C(N)=O)C=C(C(=O)NCCN(C)C)NN1C. The second-order valence-corrected chi connectivity index (χ2v) is 9.42. The van der Waals surface area contributed by atoms with Gasteiger partial charge >= 0.3 is 0 Å². The average molecular weight is 481 g/mol. The van der Waals surface area contributed by atoms with Gasteiger partial charge in [0.05, 0.1) is 15.6 Å². The quantitative estimate of drug-likeness (QED) is 0.529. The van der Waals surface area contributed by atoms with E-state index in [0.29, 0.717) is 45.7 Å². The highest BCUT2D eigenvalue weighted by molar-refractivity contribution is 7.12. The lowest BCUT2D eigenvalue weighted by Crippen LogP contribution is -2.52. The van der Waals surface area contributed by atoms with Crippen LogP contribution in [0.4, 0.5) is 4.39 Å². The largest absolute Gasteiger partial charge is 0.367 e. The molecule has 0 fully saturated rings. The fourth-order valence-corrected chi connectivity index (χ4v) is 5.09. The van der Waals surface area contributed by atoms with Crippen molar-refractivity contribution in [2.24, 2.45) is 5.73 Å². The molecule has 1 aliphatic rings. The molecule has 0 saturated heterocycles. The number of carbonyl (C=O) groups is 2. The van der Waals surface area contributed by atoms with E-state index >= 15 is 0 Å². The van der Waals surface area contributed by atoms with Crippen LogP contribution in [-0.2, 0) is 21.5 Å². The third-order valence-corrected chi connectivity index (χ3v) is 6.60. The minimum Gasteiger partial charge on any atom is -0.367 e. The van der Waals surface area contributed by atoms with Crippen molar-refractivity contribution in [3.8, 4) is 0 Å². The van der Waals surface area contributed by atoms with Crippen LogP contribution in [0.3, 0.4) is 0 Å². The number of aryl methyl sites for hydroxylation is 1. The number of halogens is 2. The molecule has 1 aliphatic heterocycles. The Balaban J connectivity index is 1.91. The summed E-state index contributed by atoms with van der Waals surface area (Å²) in [6, 6.07) is 4.30. The van der Waals surface area contributed by atoms with Crippen LogP contribution in [0.1, 0.15) is 21.1 Å². The summed E-state index contributed by atoms with van der Waals surface area (Å²) in [4.78, 5) is 32.4. The van der Waals surface area contributed by atoms with Crippen molar-refractivity contribution in [1.29, 1.82) is 0 Å². The Kier molecular flexibility index (Phi) is 7.19. The summed E-state index contributed by atoms with van der Waals surface area (Å²) in [5, 5.41) is 5.30. The first-order valence-electron chi connectivity index (χ1n) is 9.91. The Morgan fingerprint density at radius 1 is 1.38 bits per heavy atom. The second kappa shape index (κ2) is 9.53. The number of carbonyl (C=O) groups excluding carboxylic acids is 2. The molecule has 2 heterocycles. The minimum absolute atomic E-state index is 0.233. The van der Waals surface area contributed by atoms with Gasteiger partial charge in [0.1, 0.15) is 11.5 Å². The lowest BCUT2D eigenvalue weighted by molar-refractivity contribution is -0.127. The number of benzene rings is 1. The maximum Gasteiger partial charge on any atom is 0.268 e. The van der Waals surface area contributed by atoms with Crippen LogP contribution in [-0.4, -0.2) is 60.9 Å². The Morgan fingerprint density at radius 2 is 2.09 bits per heavy atom. The Bertz CT molecular complexity index is 1050. The zero-order valence-corrected chi connectivity index (χ0v) is 19.9. The summed E-state index contributed by atoms with van der Waals surface area (Å²) < 4.78 is 13.7. The molecule has 1 aromatic heterocycles. The van der Waals surface area contributed by atoms with Crippen molar-refractivity contribution >= 4 is 34.8 Å².